The second-order valence-corrected chi connectivity index (χ2v) is 2.87. The normalized spacial score (nSPS) is 13.3. The number of hydrogen-bond acceptors (Lipinski definition) is 2. The first-order valence-electron chi connectivity index (χ1n) is 3.89. The van der Waals surface area contributed by atoms with Crippen LogP contribution in [0.25, 0.3) is 0 Å². The zero-order valence-electron chi connectivity index (χ0n) is 7.17. The summed E-state index contributed by atoms with van der Waals surface area (Å²) in [5.74, 6) is -0.396. The number of para-hydroxylation sites is 1. The third-order valence-corrected chi connectivity index (χ3v) is 1.82. The first kappa shape index (κ1) is 9.92. The highest BCUT2D eigenvalue weighted by atomic mass is 19.3. The van der Waals surface area contributed by atoms with Crippen molar-refractivity contribution < 1.29 is 13.9 Å². The number of alkyl halides is 2. The molecule has 0 bridgehead atoms. The molecule has 0 radical (unpaired) electrons. The molecule has 0 amide bonds. The molecule has 0 aliphatic heterocycles. The van der Waals surface area contributed by atoms with Crippen LogP contribution in [0.15, 0.2) is 18.2 Å². The maximum atomic E-state index is 12.3. The van der Waals surface area contributed by atoms with E-state index in [9.17, 15) is 13.9 Å². The van der Waals surface area contributed by atoms with Crippen molar-refractivity contribution >= 4 is 0 Å². The quantitative estimate of drug-likeness (QED) is 0.746. The molecule has 1 aromatic rings. The molecule has 1 aromatic carbocycles. The highest BCUT2D eigenvalue weighted by Crippen LogP contribution is 2.33. The van der Waals surface area contributed by atoms with Gasteiger partial charge in [-0.15, -0.1) is 0 Å². The Morgan fingerprint density at radius 2 is 1.85 bits per heavy atom. The van der Waals surface area contributed by atoms with Gasteiger partial charge >= 0.3 is 0 Å². The van der Waals surface area contributed by atoms with Crippen LogP contribution in [-0.2, 0) is 0 Å². The van der Waals surface area contributed by atoms with Crippen LogP contribution in [0.1, 0.15) is 30.5 Å². The van der Waals surface area contributed by atoms with E-state index in [2.05, 4.69) is 0 Å². The largest absolute Gasteiger partial charge is 0.507 e. The topological polar surface area (TPSA) is 46.2 Å². The minimum Gasteiger partial charge on any atom is -0.507 e. The molecule has 0 aromatic heterocycles. The third-order valence-electron chi connectivity index (χ3n) is 1.82. The van der Waals surface area contributed by atoms with Crippen LogP contribution in [0.4, 0.5) is 8.78 Å². The number of phenolic OH excluding ortho intramolecular Hbond substituents is 1. The van der Waals surface area contributed by atoms with E-state index in [-0.39, 0.29) is 5.56 Å². The molecule has 0 saturated carbocycles. The Labute approximate surface area is 75.0 Å². The van der Waals surface area contributed by atoms with E-state index in [4.69, 9.17) is 5.73 Å². The first-order valence-corrected chi connectivity index (χ1v) is 3.89. The van der Waals surface area contributed by atoms with Crippen LogP contribution in [0.5, 0.6) is 5.75 Å². The summed E-state index contributed by atoms with van der Waals surface area (Å²) in [7, 11) is 0. The van der Waals surface area contributed by atoms with E-state index in [0.29, 0.717) is 5.56 Å². The zero-order valence-corrected chi connectivity index (χ0v) is 7.17. The highest BCUT2D eigenvalue weighted by molar-refractivity contribution is 5.42. The van der Waals surface area contributed by atoms with E-state index in [0.717, 1.165) is 0 Å². The summed E-state index contributed by atoms with van der Waals surface area (Å²) in [4.78, 5) is 0. The standard InChI is InChI=1S/C9H11F2NO/c1-5(12)6-3-2-4-7(8(6)13)9(10)11/h2-5,9,13H,12H2,1H3. The maximum Gasteiger partial charge on any atom is 0.267 e. The molecule has 0 fully saturated rings. The van der Waals surface area contributed by atoms with Crippen LogP contribution in [-0.4, -0.2) is 5.11 Å². The Balaban J connectivity index is 3.18. The van der Waals surface area contributed by atoms with Gasteiger partial charge in [0, 0.05) is 11.6 Å². The molecule has 0 aliphatic carbocycles. The Morgan fingerprint density at radius 3 is 2.31 bits per heavy atom. The summed E-state index contributed by atoms with van der Waals surface area (Å²) in [6, 6.07) is 3.73. The lowest BCUT2D eigenvalue weighted by Crippen LogP contribution is -2.06. The van der Waals surface area contributed by atoms with E-state index in [1.807, 2.05) is 0 Å². The minimum atomic E-state index is -2.67. The molecular formula is C9H11F2NO. The fraction of sp³-hybridized carbons (Fsp3) is 0.333. The van der Waals surface area contributed by atoms with Crippen LogP contribution in [0, 0.1) is 0 Å². The number of rotatable bonds is 2. The SMILES string of the molecule is CC(N)c1cccc(C(F)F)c1O. The van der Waals surface area contributed by atoms with E-state index in [1.165, 1.54) is 18.2 Å². The van der Waals surface area contributed by atoms with Crippen molar-refractivity contribution in [2.24, 2.45) is 5.73 Å². The lowest BCUT2D eigenvalue weighted by Gasteiger charge is -2.11. The number of phenols is 1. The Hall–Kier alpha value is -1.16. The summed E-state index contributed by atoms with van der Waals surface area (Å²) >= 11 is 0. The van der Waals surface area contributed by atoms with Gasteiger partial charge in [-0.25, -0.2) is 8.78 Å². The predicted octanol–water partition coefficient (Wildman–Crippen LogP) is 2.35. The van der Waals surface area contributed by atoms with Crippen molar-refractivity contribution in [1.82, 2.24) is 0 Å². The molecule has 0 heterocycles. The molecule has 1 unspecified atom stereocenters. The number of aromatic hydroxyl groups is 1. The monoisotopic (exact) mass is 187 g/mol. The lowest BCUT2D eigenvalue weighted by molar-refractivity contribution is 0.147. The van der Waals surface area contributed by atoms with Gasteiger partial charge in [0.2, 0.25) is 0 Å². The van der Waals surface area contributed by atoms with Gasteiger partial charge in [0.15, 0.2) is 0 Å². The van der Waals surface area contributed by atoms with Gasteiger partial charge in [0.25, 0.3) is 6.43 Å². The molecule has 0 spiro atoms. The van der Waals surface area contributed by atoms with E-state index < -0.39 is 18.2 Å². The second-order valence-electron chi connectivity index (χ2n) is 2.87. The van der Waals surface area contributed by atoms with Crippen molar-refractivity contribution in [2.45, 2.75) is 19.4 Å². The van der Waals surface area contributed by atoms with E-state index in [1.54, 1.807) is 6.92 Å². The number of benzene rings is 1. The van der Waals surface area contributed by atoms with Crippen LogP contribution in [0.2, 0.25) is 0 Å². The van der Waals surface area contributed by atoms with Crippen molar-refractivity contribution in [1.29, 1.82) is 0 Å². The fourth-order valence-corrected chi connectivity index (χ4v) is 1.12. The molecule has 13 heavy (non-hydrogen) atoms. The van der Waals surface area contributed by atoms with Gasteiger partial charge in [-0.05, 0) is 13.0 Å². The van der Waals surface area contributed by atoms with Gasteiger partial charge < -0.3 is 10.8 Å². The first-order chi connectivity index (χ1) is 6.04. The maximum absolute atomic E-state index is 12.3. The lowest BCUT2D eigenvalue weighted by atomic mass is 10.0. The predicted molar refractivity (Wildman–Crippen MR) is 45.7 cm³/mol. The Morgan fingerprint density at radius 1 is 1.31 bits per heavy atom. The van der Waals surface area contributed by atoms with Crippen molar-refractivity contribution in [2.75, 3.05) is 0 Å². The molecule has 1 atom stereocenters. The molecule has 2 nitrogen and oxygen atoms in total. The third kappa shape index (κ3) is 1.95. The smallest absolute Gasteiger partial charge is 0.267 e. The molecule has 72 valence electrons. The van der Waals surface area contributed by atoms with Crippen molar-refractivity contribution in [3.05, 3.63) is 29.3 Å². The average molecular weight is 187 g/mol. The molecular weight excluding hydrogens is 176 g/mol. The van der Waals surface area contributed by atoms with Gasteiger partial charge in [-0.2, -0.15) is 0 Å². The van der Waals surface area contributed by atoms with Gasteiger partial charge in [-0.1, -0.05) is 12.1 Å². The fourth-order valence-electron chi connectivity index (χ4n) is 1.12. The van der Waals surface area contributed by atoms with Crippen LogP contribution in [0.3, 0.4) is 0 Å². The minimum absolute atomic E-state index is 0.345. The van der Waals surface area contributed by atoms with Crippen molar-refractivity contribution in [3.63, 3.8) is 0 Å². The van der Waals surface area contributed by atoms with E-state index >= 15 is 0 Å². The number of nitrogens with two attached hydrogens (primary N) is 1. The molecule has 0 saturated heterocycles. The number of hydrogen-bond donors (Lipinski definition) is 2. The molecule has 3 N–H and O–H groups in total. The average Bonchev–Trinajstić information content (AvgIpc) is 2.03. The summed E-state index contributed by atoms with van der Waals surface area (Å²) in [5, 5.41) is 9.37. The molecule has 4 heteroatoms. The Kier molecular flexibility index (Phi) is 2.83. The summed E-state index contributed by atoms with van der Waals surface area (Å²) in [6.45, 7) is 1.63. The highest BCUT2D eigenvalue weighted by Gasteiger charge is 2.16. The van der Waals surface area contributed by atoms with Crippen LogP contribution >= 0.6 is 0 Å². The molecule has 1 rings (SSSR count). The van der Waals surface area contributed by atoms with Gasteiger partial charge in [0.1, 0.15) is 5.75 Å². The zero-order chi connectivity index (χ0) is 10.0. The number of halogens is 2. The van der Waals surface area contributed by atoms with Crippen molar-refractivity contribution in [3.8, 4) is 5.75 Å². The summed E-state index contributed by atoms with van der Waals surface area (Å²) in [6.07, 6.45) is -2.67. The van der Waals surface area contributed by atoms with Crippen LogP contribution < -0.4 is 5.73 Å². The van der Waals surface area contributed by atoms with Gasteiger partial charge in [-0.3, -0.25) is 0 Å². The summed E-state index contributed by atoms with van der Waals surface area (Å²) in [5.41, 5.74) is 5.46. The Bertz CT molecular complexity index is 273. The molecule has 0 aliphatic rings. The van der Waals surface area contributed by atoms with Gasteiger partial charge in [0.05, 0.1) is 5.56 Å². The second kappa shape index (κ2) is 3.70. The summed E-state index contributed by atoms with van der Waals surface area (Å²) < 4.78 is 24.5.